The number of hydrogen-bond donors (Lipinski definition) is 2. The average Bonchev–Trinajstić information content (AvgIpc) is 3.76. The standard InChI is InChI=1S/C40H26N2O3/c41-25-9-11-29-36(20-25)44-33-14-12-28-27(38(29)33)13-15-34-39(28)30-16-17-40(42,21-37(30)45-34)31-6-3-5-22-18-24(8-10-26(22)31)35-19-23-4-1-2-7-32(23)43-35/h1-20H,21,41-42H2. The van der Waals surface area contributed by atoms with Crippen LogP contribution in [0.5, 0.6) is 0 Å². The number of furan rings is 3. The maximum Gasteiger partial charge on any atom is 0.137 e. The summed E-state index contributed by atoms with van der Waals surface area (Å²) in [4.78, 5) is 0. The van der Waals surface area contributed by atoms with Gasteiger partial charge in [-0.05, 0) is 81.7 Å². The van der Waals surface area contributed by atoms with Crippen molar-refractivity contribution < 1.29 is 13.3 Å². The van der Waals surface area contributed by atoms with Crippen LogP contribution < -0.4 is 11.5 Å². The highest BCUT2D eigenvalue weighted by Gasteiger charge is 2.33. The van der Waals surface area contributed by atoms with E-state index >= 15 is 0 Å². The highest BCUT2D eigenvalue weighted by Crippen LogP contribution is 2.44. The van der Waals surface area contributed by atoms with Crippen LogP contribution in [-0.4, -0.2) is 0 Å². The summed E-state index contributed by atoms with van der Waals surface area (Å²) in [5.74, 6) is 1.75. The quantitative estimate of drug-likeness (QED) is 0.198. The summed E-state index contributed by atoms with van der Waals surface area (Å²) < 4.78 is 18.9. The number of hydrogen-bond acceptors (Lipinski definition) is 5. The van der Waals surface area contributed by atoms with E-state index in [1.54, 1.807) is 0 Å². The van der Waals surface area contributed by atoms with Crippen LogP contribution >= 0.6 is 0 Å². The number of nitrogen functional groups attached to an aromatic ring is 1. The van der Waals surface area contributed by atoms with Gasteiger partial charge in [0.15, 0.2) is 0 Å². The average molecular weight is 583 g/mol. The highest BCUT2D eigenvalue weighted by atomic mass is 16.3. The van der Waals surface area contributed by atoms with Crippen molar-refractivity contribution in [1.29, 1.82) is 0 Å². The van der Waals surface area contributed by atoms with Gasteiger partial charge in [-0.3, -0.25) is 0 Å². The molecule has 5 heteroatoms. The Morgan fingerprint density at radius 2 is 1.36 bits per heavy atom. The fraction of sp³-hybridized carbons (Fsp3) is 0.0500. The second-order valence-electron chi connectivity index (χ2n) is 12.2. The minimum Gasteiger partial charge on any atom is -0.460 e. The van der Waals surface area contributed by atoms with E-state index in [9.17, 15) is 0 Å². The van der Waals surface area contributed by atoms with Gasteiger partial charge in [-0.15, -0.1) is 0 Å². The van der Waals surface area contributed by atoms with Gasteiger partial charge in [0, 0.05) is 50.8 Å². The van der Waals surface area contributed by atoms with E-state index in [-0.39, 0.29) is 0 Å². The molecule has 0 amide bonds. The third-order valence-corrected chi connectivity index (χ3v) is 9.51. The predicted molar refractivity (Wildman–Crippen MR) is 183 cm³/mol. The van der Waals surface area contributed by atoms with E-state index in [0.717, 1.165) is 93.6 Å². The van der Waals surface area contributed by atoms with Gasteiger partial charge in [0.05, 0.1) is 5.54 Å². The predicted octanol–water partition coefficient (Wildman–Crippen LogP) is 10.1. The van der Waals surface area contributed by atoms with Crippen molar-refractivity contribution in [2.45, 2.75) is 12.0 Å². The molecule has 1 aliphatic carbocycles. The lowest BCUT2D eigenvalue weighted by Crippen LogP contribution is -2.38. The van der Waals surface area contributed by atoms with Crippen molar-refractivity contribution in [2.24, 2.45) is 5.73 Å². The third kappa shape index (κ3) is 3.47. The molecule has 0 spiro atoms. The Morgan fingerprint density at radius 3 is 2.24 bits per heavy atom. The SMILES string of the molecule is Nc1ccc2c(c1)oc1ccc3c(ccc4oc5c(c43)C=CC(N)(c3cccc4cc(-c6cc7ccccc7o6)ccc34)C5)c12. The van der Waals surface area contributed by atoms with Gasteiger partial charge < -0.3 is 24.7 Å². The molecule has 6 aromatic carbocycles. The van der Waals surface area contributed by atoms with Crippen LogP contribution in [-0.2, 0) is 12.0 Å². The fourth-order valence-corrected chi connectivity index (χ4v) is 7.38. The molecule has 10 rings (SSSR count). The number of anilines is 1. The second kappa shape index (κ2) is 8.65. The molecule has 5 nitrogen and oxygen atoms in total. The lowest BCUT2D eigenvalue weighted by Gasteiger charge is -2.30. The molecule has 0 bridgehead atoms. The molecule has 1 unspecified atom stereocenters. The van der Waals surface area contributed by atoms with E-state index < -0.39 is 5.54 Å². The van der Waals surface area contributed by atoms with Crippen LogP contribution in [0.2, 0.25) is 0 Å². The molecule has 0 saturated carbocycles. The number of para-hydroxylation sites is 1. The van der Waals surface area contributed by atoms with Crippen molar-refractivity contribution >= 4 is 77.2 Å². The van der Waals surface area contributed by atoms with Gasteiger partial charge >= 0.3 is 0 Å². The first-order valence-electron chi connectivity index (χ1n) is 15.1. The van der Waals surface area contributed by atoms with Crippen LogP contribution in [0, 0.1) is 0 Å². The summed E-state index contributed by atoms with van der Waals surface area (Å²) in [6.45, 7) is 0. The molecule has 45 heavy (non-hydrogen) atoms. The van der Waals surface area contributed by atoms with Crippen LogP contribution in [0.15, 0.2) is 129 Å². The number of rotatable bonds is 2. The van der Waals surface area contributed by atoms with Gasteiger partial charge in [-0.2, -0.15) is 0 Å². The normalized spacial score (nSPS) is 16.6. The topological polar surface area (TPSA) is 91.5 Å². The Labute approximate surface area is 256 Å². The molecule has 0 aliphatic heterocycles. The second-order valence-corrected chi connectivity index (χ2v) is 12.2. The van der Waals surface area contributed by atoms with Crippen LogP contribution in [0.4, 0.5) is 5.69 Å². The maximum atomic E-state index is 7.24. The van der Waals surface area contributed by atoms with E-state index in [1.165, 1.54) is 0 Å². The molecule has 1 atom stereocenters. The Kier molecular flexibility index (Phi) is 4.74. The van der Waals surface area contributed by atoms with Gasteiger partial charge in [-0.1, -0.05) is 60.7 Å². The van der Waals surface area contributed by atoms with Crippen molar-refractivity contribution in [1.82, 2.24) is 0 Å². The van der Waals surface area contributed by atoms with Crippen molar-refractivity contribution in [3.05, 3.63) is 132 Å². The molecular weight excluding hydrogens is 556 g/mol. The Balaban J connectivity index is 1.09. The molecule has 9 aromatic rings. The zero-order chi connectivity index (χ0) is 29.9. The smallest absolute Gasteiger partial charge is 0.137 e. The van der Waals surface area contributed by atoms with Crippen molar-refractivity contribution in [3.8, 4) is 11.3 Å². The van der Waals surface area contributed by atoms with Gasteiger partial charge in [0.25, 0.3) is 0 Å². The van der Waals surface area contributed by atoms with E-state index in [4.69, 9.17) is 24.7 Å². The minimum atomic E-state index is -0.731. The first-order chi connectivity index (χ1) is 22.0. The van der Waals surface area contributed by atoms with Crippen LogP contribution in [0.3, 0.4) is 0 Å². The number of nitrogens with two attached hydrogens (primary N) is 2. The highest BCUT2D eigenvalue weighted by molar-refractivity contribution is 6.24. The van der Waals surface area contributed by atoms with Gasteiger partial charge in [0.2, 0.25) is 0 Å². The largest absolute Gasteiger partial charge is 0.460 e. The summed E-state index contributed by atoms with van der Waals surface area (Å²) in [7, 11) is 0. The minimum absolute atomic E-state index is 0.551. The first kappa shape index (κ1) is 24.6. The summed E-state index contributed by atoms with van der Waals surface area (Å²) in [6.07, 6.45) is 4.83. The van der Waals surface area contributed by atoms with Crippen molar-refractivity contribution in [2.75, 3.05) is 5.73 Å². The van der Waals surface area contributed by atoms with Crippen LogP contribution in [0.1, 0.15) is 16.9 Å². The zero-order valence-electron chi connectivity index (χ0n) is 24.1. The molecule has 3 aromatic heterocycles. The molecule has 0 fully saturated rings. The summed E-state index contributed by atoms with van der Waals surface area (Å²) in [6, 6.07) is 37.2. The van der Waals surface area contributed by atoms with E-state index in [1.807, 2.05) is 42.5 Å². The third-order valence-electron chi connectivity index (χ3n) is 9.51. The molecular formula is C40H26N2O3. The van der Waals surface area contributed by atoms with Gasteiger partial charge in [-0.25, -0.2) is 0 Å². The summed E-state index contributed by atoms with van der Waals surface area (Å²) in [5, 5.41) is 8.81. The number of benzene rings is 6. The first-order valence-corrected chi connectivity index (χ1v) is 15.1. The zero-order valence-corrected chi connectivity index (χ0v) is 24.1. The fourth-order valence-electron chi connectivity index (χ4n) is 7.38. The number of fused-ring (bicyclic) bond motifs is 11. The molecule has 4 N–H and O–H groups in total. The molecule has 3 heterocycles. The molecule has 0 radical (unpaired) electrons. The van der Waals surface area contributed by atoms with E-state index in [2.05, 4.69) is 78.9 Å². The molecule has 0 saturated heterocycles. The summed E-state index contributed by atoms with van der Waals surface area (Å²) in [5.41, 5.74) is 19.8. The van der Waals surface area contributed by atoms with Crippen LogP contribution in [0.25, 0.3) is 82.8 Å². The maximum absolute atomic E-state index is 7.24. The van der Waals surface area contributed by atoms with Gasteiger partial charge in [0.1, 0.15) is 33.9 Å². The lowest BCUT2D eigenvalue weighted by molar-refractivity contribution is 0.463. The Bertz CT molecular complexity index is 2690. The Hall–Kier alpha value is -5.78. The van der Waals surface area contributed by atoms with E-state index in [0.29, 0.717) is 12.1 Å². The molecule has 214 valence electrons. The summed E-state index contributed by atoms with van der Waals surface area (Å²) >= 11 is 0. The Morgan fingerprint density at radius 1 is 0.578 bits per heavy atom. The lowest BCUT2D eigenvalue weighted by atomic mass is 9.79. The monoisotopic (exact) mass is 582 g/mol. The van der Waals surface area contributed by atoms with Crippen molar-refractivity contribution in [3.63, 3.8) is 0 Å². The molecule has 1 aliphatic rings.